The molecule has 17 heavy (non-hydrogen) atoms. The third kappa shape index (κ3) is 2.21. The number of aliphatic hydroxyl groups is 1. The molecule has 0 aromatic heterocycles. The molecule has 0 saturated carbocycles. The summed E-state index contributed by atoms with van der Waals surface area (Å²) in [6.07, 6.45) is 0. The summed E-state index contributed by atoms with van der Waals surface area (Å²) in [5.41, 5.74) is -1.25. The second-order valence-corrected chi connectivity index (χ2v) is 3.01. The molecular formula is C10H8N2O5. The van der Waals surface area contributed by atoms with E-state index >= 15 is 0 Å². The van der Waals surface area contributed by atoms with Crippen LogP contribution in [0.4, 0.5) is 5.69 Å². The lowest BCUT2D eigenvalue weighted by molar-refractivity contribution is -0.385. The minimum absolute atomic E-state index is 0.0440. The highest BCUT2D eigenvalue weighted by molar-refractivity contribution is 5.96. The SMILES string of the molecule is COC(=O)c1c(CO)ccc(C#N)c1[N+](=O)[O-]. The predicted octanol–water partition coefficient (Wildman–Crippen LogP) is 0.745. The first kappa shape index (κ1) is 12.6. The minimum atomic E-state index is -0.960. The number of ether oxygens (including phenoxy) is 1. The summed E-state index contributed by atoms with van der Waals surface area (Å²) in [4.78, 5) is 21.5. The van der Waals surface area contributed by atoms with Gasteiger partial charge in [0, 0.05) is 0 Å². The number of carbonyl (C=O) groups excluding carboxylic acids is 1. The molecule has 0 aliphatic rings. The molecule has 0 aliphatic carbocycles. The first-order chi connectivity index (χ1) is 8.06. The fourth-order valence-electron chi connectivity index (χ4n) is 1.37. The van der Waals surface area contributed by atoms with Crippen LogP contribution in [0.15, 0.2) is 12.1 Å². The van der Waals surface area contributed by atoms with E-state index in [-0.39, 0.29) is 16.7 Å². The number of esters is 1. The van der Waals surface area contributed by atoms with Crippen molar-refractivity contribution in [2.45, 2.75) is 6.61 Å². The first-order valence-electron chi connectivity index (χ1n) is 4.46. The van der Waals surface area contributed by atoms with E-state index < -0.39 is 23.2 Å². The molecule has 1 aromatic carbocycles. The molecule has 0 atom stereocenters. The highest BCUT2D eigenvalue weighted by atomic mass is 16.6. The predicted molar refractivity (Wildman–Crippen MR) is 55.1 cm³/mol. The standard InChI is InChI=1S/C10H8N2O5/c1-17-10(14)8-7(5-13)3-2-6(4-11)9(8)12(15)16/h2-3,13H,5H2,1H3. The number of aliphatic hydroxyl groups excluding tert-OH is 1. The monoisotopic (exact) mass is 236 g/mol. The van der Waals surface area contributed by atoms with Crippen LogP contribution >= 0.6 is 0 Å². The van der Waals surface area contributed by atoms with Crippen LogP contribution in [-0.2, 0) is 11.3 Å². The van der Waals surface area contributed by atoms with E-state index in [4.69, 9.17) is 10.4 Å². The van der Waals surface area contributed by atoms with Crippen LogP contribution < -0.4 is 0 Å². The van der Waals surface area contributed by atoms with Crippen molar-refractivity contribution in [2.75, 3.05) is 7.11 Å². The van der Waals surface area contributed by atoms with Crippen LogP contribution in [0, 0.1) is 21.4 Å². The number of carbonyl (C=O) groups is 1. The van der Waals surface area contributed by atoms with Crippen molar-refractivity contribution in [3.63, 3.8) is 0 Å². The zero-order valence-corrected chi connectivity index (χ0v) is 8.84. The number of hydrogen-bond acceptors (Lipinski definition) is 6. The Morgan fingerprint density at radius 1 is 1.65 bits per heavy atom. The molecule has 7 heteroatoms. The molecule has 0 radical (unpaired) electrons. The Morgan fingerprint density at radius 3 is 2.71 bits per heavy atom. The summed E-state index contributed by atoms with van der Waals surface area (Å²) in [6, 6.07) is 4.07. The molecule has 0 unspecified atom stereocenters. The van der Waals surface area contributed by atoms with E-state index in [0.717, 1.165) is 7.11 Å². The van der Waals surface area contributed by atoms with E-state index in [9.17, 15) is 14.9 Å². The number of benzene rings is 1. The molecule has 1 N–H and O–H groups in total. The summed E-state index contributed by atoms with van der Waals surface area (Å²) in [6.45, 7) is -0.559. The number of methoxy groups -OCH3 is 1. The molecule has 88 valence electrons. The normalized spacial score (nSPS) is 9.47. The Hall–Kier alpha value is -2.46. The van der Waals surface area contributed by atoms with E-state index in [1.54, 1.807) is 6.07 Å². The molecule has 0 aliphatic heterocycles. The molecule has 7 nitrogen and oxygen atoms in total. The van der Waals surface area contributed by atoms with Gasteiger partial charge in [-0.3, -0.25) is 10.1 Å². The molecule has 0 saturated heterocycles. The average molecular weight is 236 g/mol. The number of nitriles is 1. The summed E-state index contributed by atoms with van der Waals surface area (Å²) >= 11 is 0. The van der Waals surface area contributed by atoms with Gasteiger partial charge in [0.05, 0.1) is 18.6 Å². The van der Waals surface area contributed by atoms with Crippen LogP contribution in [0.2, 0.25) is 0 Å². The highest BCUT2D eigenvalue weighted by Crippen LogP contribution is 2.27. The second-order valence-electron chi connectivity index (χ2n) is 3.01. The summed E-state index contributed by atoms with van der Waals surface area (Å²) in [5, 5.41) is 28.6. The van der Waals surface area contributed by atoms with Crippen molar-refractivity contribution in [1.29, 1.82) is 5.26 Å². The largest absolute Gasteiger partial charge is 0.465 e. The van der Waals surface area contributed by atoms with E-state index in [1.165, 1.54) is 12.1 Å². The van der Waals surface area contributed by atoms with Crippen LogP contribution in [0.1, 0.15) is 21.5 Å². The van der Waals surface area contributed by atoms with Crippen LogP contribution in [0.5, 0.6) is 0 Å². The Balaban J connectivity index is 3.65. The van der Waals surface area contributed by atoms with Crippen LogP contribution in [0.25, 0.3) is 0 Å². The van der Waals surface area contributed by atoms with Gasteiger partial charge in [0.25, 0.3) is 0 Å². The van der Waals surface area contributed by atoms with Crippen LogP contribution in [-0.4, -0.2) is 23.1 Å². The lowest BCUT2D eigenvalue weighted by Crippen LogP contribution is -2.11. The molecule has 0 amide bonds. The van der Waals surface area contributed by atoms with Crippen molar-refractivity contribution < 1.29 is 19.6 Å². The highest BCUT2D eigenvalue weighted by Gasteiger charge is 2.28. The minimum Gasteiger partial charge on any atom is -0.465 e. The number of nitrogens with zero attached hydrogens (tertiary/aromatic N) is 2. The molecule has 0 bridgehead atoms. The van der Waals surface area contributed by atoms with E-state index in [2.05, 4.69) is 4.74 Å². The fourth-order valence-corrected chi connectivity index (χ4v) is 1.37. The van der Waals surface area contributed by atoms with Crippen LogP contribution in [0.3, 0.4) is 0 Å². The van der Waals surface area contributed by atoms with Gasteiger partial charge in [-0.05, 0) is 11.6 Å². The quantitative estimate of drug-likeness (QED) is 0.470. The van der Waals surface area contributed by atoms with Gasteiger partial charge in [-0.2, -0.15) is 5.26 Å². The third-order valence-electron chi connectivity index (χ3n) is 2.13. The number of nitro benzene ring substituents is 1. The smallest absolute Gasteiger partial charge is 0.345 e. The van der Waals surface area contributed by atoms with Crippen molar-refractivity contribution in [2.24, 2.45) is 0 Å². The summed E-state index contributed by atoms with van der Waals surface area (Å²) in [5.74, 6) is -0.960. The van der Waals surface area contributed by atoms with Gasteiger partial charge >= 0.3 is 11.7 Å². The molecular weight excluding hydrogens is 228 g/mol. The average Bonchev–Trinajstić information content (AvgIpc) is 2.35. The van der Waals surface area contributed by atoms with Gasteiger partial charge in [0.2, 0.25) is 0 Å². The van der Waals surface area contributed by atoms with Gasteiger partial charge in [0.15, 0.2) is 0 Å². The maximum absolute atomic E-state index is 11.4. The van der Waals surface area contributed by atoms with Crippen molar-refractivity contribution in [1.82, 2.24) is 0 Å². The third-order valence-corrected chi connectivity index (χ3v) is 2.13. The van der Waals surface area contributed by atoms with Gasteiger partial charge < -0.3 is 9.84 Å². The second kappa shape index (κ2) is 5.05. The van der Waals surface area contributed by atoms with Gasteiger partial charge in [0.1, 0.15) is 17.2 Å². The lowest BCUT2D eigenvalue weighted by Gasteiger charge is -2.07. The van der Waals surface area contributed by atoms with E-state index in [0.29, 0.717) is 0 Å². The van der Waals surface area contributed by atoms with E-state index in [1.807, 2.05) is 0 Å². The topological polar surface area (TPSA) is 113 Å². The van der Waals surface area contributed by atoms with Crippen molar-refractivity contribution in [3.05, 3.63) is 38.9 Å². The maximum Gasteiger partial charge on any atom is 0.345 e. The maximum atomic E-state index is 11.4. The first-order valence-corrected chi connectivity index (χ1v) is 4.46. The van der Waals surface area contributed by atoms with Crippen molar-refractivity contribution >= 4 is 11.7 Å². The Labute approximate surface area is 96.0 Å². The molecule has 0 heterocycles. The zero-order valence-electron chi connectivity index (χ0n) is 8.84. The van der Waals surface area contributed by atoms with Crippen molar-refractivity contribution in [3.8, 4) is 6.07 Å². The molecule has 0 spiro atoms. The van der Waals surface area contributed by atoms with Gasteiger partial charge in [-0.15, -0.1) is 0 Å². The molecule has 0 fully saturated rings. The van der Waals surface area contributed by atoms with Gasteiger partial charge in [-0.25, -0.2) is 4.79 Å². The Kier molecular flexibility index (Phi) is 3.74. The summed E-state index contributed by atoms with van der Waals surface area (Å²) < 4.78 is 4.41. The number of nitro groups is 1. The Bertz CT molecular complexity index is 518. The summed E-state index contributed by atoms with van der Waals surface area (Å²) in [7, 11) is 1.06. The fraction of sp³-hybridized carbons (Fsp3) is 0.200. The zero-order chi connectivity index (χ0) is 13.0. The molecule has 1 rings (SSSR count). The van der Waals surface area contributed by atoms with Gasteiger partial charge in [-0.1, -0.05) is 6.07 Å². The number of rotatable bonds is 3. The lowest BCUT2D eigenvalue weighted by atomic mass is 10.0. The number of hydrogen-bond donors (Lipinski definition) is 1. The molecule has 1 aromatic rings. The Morgan fingerprint density at radius 2 is 2.29 bits per heavy atom.